The highest BCUT2D eigenvalue weighted by Crippen LogP contribution is 2.39. The first kappa shape index (κ1) is 16.3. The van der Waals surface area contributed by atoms with E-state index in [0.717, 1.165) is 29.7 Å². The van der Waals surface area contributed by atoms with Crippen LogP contribution in [0.25, 0.3) is 11.1 Å². The van der Waals surface area contributed by atoms with Gasteiger partial charge in [-0.3, -0.25) is 4.79 Å². The van der Waals surface area contributed by atoms with Gasteiger partial charge in [-0.05, 0) is 46.5 Å². The predicted molar refractivity (Wildman–Crippen MR) is 95.3 cm³/mol. The second-order valence-corrected chi connectivity index (χ2v) is 7.14. The highest BCUT2D eigenvalue weighted by molar-refractivity contribution is 7.08. The molecule has 0 unspecified atom stereocenters. The maximum Gasteiger partial charge on any atom is 0.222 e. The Hall–Kier alpha value is -1.52. The van der Waals surface area contributed by atoms with Crippen LogP contribution in [0.15, 0.2) is 29.0 Å². The number of amides is 1. The predicted octanol–water partition coefficient (Wildman–Crippen LogP) is 4.53. The lowest BCUT2D eigenvalue weighted by Crippen LogP contribution is -2.37. The average molecular weight is 350 g/mol. The fourth-order valence-corrected chi connectivity index (χ4v) is 3.62. The summed E-state index contributed by atoms with van der Waals surface area (Å²) in [6, 6.07) is 6.17. The second kappa shape index (κ2) is 6.93. The molecule has 0 bridgehead atoms. The molecule has 1 N–H and O–H groups in total. The molecule has 0 spiro atoms. The summed E-state index contributed by atoms with van der Waals surface area (Å²) in [5.41, 5.74) is 3.40. The molecule has 0 fully saturated rings. The topological polar surface area (TPSA) is 38.3 Å². The molecule has 122 valence electrons. The summed E-state index contributed by atoms with van der Waals surface area (Å²) >= 11 is 8.05. The first-order valence-corrected chi connectivity index (χ1v) is 9.20. The zero-order valence-electron chi connectivity index (χ0n) is 13.3. The van der Waals surface area contributed by atoms with Gasteiger partial charge in [-0.1, -0.05) is 25.4 Å². The molecule has 2 heterocycles. The van der Waals surface area contributed by atoms with E-state index in [2.05, 4.69) is 28.2 Å². The minimum absolute atomic E-state index is 0.0348. The third kappa shape index (κ3) is 3.54. The second-order valence-electron chi connectivity index (χ2n) is 5.96. The molecule has 0 saturated heterocycles. The van der Waals surface area contributed by atoms with Crippen LogP contribution < -0.4 is 10.1 Å². The molecule has 1 aliphatic rings. The van der Waals surface area contributed by atoms with Gasteiger partial charge in [-0.2, -0.15) is 11.3 Å². The van der Waals surface area contributed by atoms with Crippen LogP contribution in [0.3, 0.4) is 0 Å². The Kier molecular flexibility index (Phi) is 4.93. The standard InChI is InChI=1S/C18H20ClNO2S/c1-3-11(2)18(21)20-9-15-7-14-6-13(12-4-5-23-10-12)8-16(19)17(14)22-15/h4-6,8,10-11,15H,3,7,9H2,1-2H3,(H,20,21)/t11-,15+/m0/s1. The van der Waals surface area contributed by atoms with Gasteiger partial charge in [0, 0.05) is 17.9 Å². The Morgan fingerprint density at radius 1 is 1.48 bits per heavy atom. The average Bonchev–Trinajstić information content (AvgIpc) is 3.20. The minimum atomic E-state index is -0.0479. The first-order chi connectivity index (χ1) is 11.1. The van der Waals surface area contributed by atoms with E-state index in [-0.39, 0.29) is 17.9 Å². The molecule has 23 heavy (non-hydrogen) atoms. The zero-order valence-corrected chi connectivity index (χ0v) is 14.8. The number of benzene rings is 1. The number of carbonyl (C=O) groups excluding carboxylic acids is 1. The van der Waals surface area contributed by atoms with Crippen molar-refractivity contribution in [2.75, 3.05) is 6.54 Å². The number of hydrogen-bond acceptors (Lipinski definition) is 3. The van der Waals surface area contributed by atoms with Crippen molar-refractivity contribution in [2.45, 2.75) is 32.8 Å². The molecule has 1 aromatic carbocycles. The molecule has 0 saturated carbocycles. The molecular formula is C18H20ClNO2S. The summed E-state index contributed by atoms with van der Waals surface area (Å²) in [5, 5.41) is 7.77. The minimum Gasteiger partial charge on any atom is -0.486 e. The third-order valence-electron chi connectivity index (χ3n) is 4.27. The van der Waals surface area contributed by atoms with E-state index < -0.39 is 0 Å². The molecule has 3 rings (SSSR count). The van der Waals surface area contributed by atoms with Gasteiger partial charge in [-0.15, -0.1) is 0 Å². The Labute approximate surface area is 145 Å². The largest absolute Gasteiger partial charge is 0.486 e. The van der Waals surface area contributed by atoms with E-state index in [4.69, 9.17) is 16.3 Å². The Bertz CT molecular complexity index is 699. The van der Waals surface area contributed by atoms with Gasteiger partial charge in [0.05, 0.1) is 11.6 Å². The van der Waals surface area contributed by atoms with Gasteiger partial charge in [0.1, 0.15) is 11.9 Å². The quantitative estimate of drug-likeness (QED) is 0.860. The van der Waals surface area contributed by atoms with Gasteiger partial charge in [0.25, 0.3) is 0 Å². The molecule has 2 atom stereocenters. The number of thiophene rings is 1. The van der Waals surface area contributed by atoms with Crippen LogP contribution in [-0.4, -0.2) is 18.6 Å². The van der Waals surface area contributed by atoms with Crippen LogP contribution in [0.2, 0.25) is 5.02 Å². The number of ether oxygens (including phenoxy) is 1. The summed E-state index contributed by atoms with van der Waals surface area (Å²) in [4.78, 5) is 11.9. The van der Waals surface area contributed by atoms with Crippen molar-refractivity contribution in [2.24, 2.45) is 5.92 Å². The van der Waals surface area contributed by atoms with Gasteiger partial charge in [-0.25, -0.2) is 0 Å². The monoisotopic (exact) mass is 349 g/mol. The molecule has 1 amide bonds. The maximum absolute atomic E-state index is 11.9. The smallest absolute Gasteiger partial charge is 0.222 e. The van der Waals surface area contributed by atoms with Crippen LogP contribution >= 0.6 is 22.9 Å². The van der Waals surface area contributed by atoms with Crippen LogP contribution in [0, 0.1) is 5.92 Å². The maximum atomic E-state index is 11.9. The fraction of sp³-hybridized carbons (Fsp3) is 0.389. The van der Waals surface area contributed by atoms with Crippen LogP contribution in [0.1, 0.15) is 25.8 Å². The number of fused-ring (bicyclic) bond motifs is 1. The Morgan fingerprint density at radius 3 is 3.00 bits per heavy atom. The van der Waals surface area contributed by atoms with Gasteiger partial charge in [0.15, 0.2) is 0 Å². The zero-order chi connectivity index (χ0) is 16.4. The van der Waals surface area contributed by atoms with E-state index >= 15 is 0 Å². The summed E-state index contributed by atoms with van der Waals surface area (Å²) < 4.78 is 5.93. The molecular weight excluding hydrogens is 330 g/mol. The molecule has 2 aromatic rings. The molecule has 1 aromatic heterocycles. The summed E-state index contributed by atoms with van der Waals surface area (Å²) in [6.07, 6.45) is 1.56. The van der Waals surface area contributed by atoms with Crippen LogP contribution in [-0.2, 0) is 11.2 Å². The van der Waals surface area contributed by atoms with Crippen LogP contribution in [0.4, 0.5) is 0 Å². The number of carbonyl (C=O) groups is 1. The van der Waals surface area contributed by atoms with E-state index in [1.165, 1.54) is 5.56 Å². The van der Waals surface area contributed by atoms with E-state index in [1.807, 2.05) is 19.9 Å². The van der Waals surface area contributed by atoms with Crippen LogP contribution in [0.5, 0.6) is 5.75 Å². The van der Waals surface area contributed by atoms with Crippen molar-refractivity contribution in [1.29, 1.82) is 0 Å². The van der Waals surface area contributed by atoms with E-state index in [0.29, 0.717) is 11.6 Å². The lowest BCUT2D eigenvalue weighted by Gasteiger charge is -2.14. The number of halogens is 1. The summed E-state index contributed by atoms with van der Waals surface area (Å²) in [7, 11) is 0. The van der Waals surface area contributed by atoms with Crippen molar-refractivity contribution < 1.29 is 9.53 Å². The number of hydrogen-bond donors (Lipinski definition) is 1. The highest BCUT2D eigenvalue weighted by Gasteiger charge is 2.26. The fourth-order valence-electron chi connectivity index (χ4n) is 2.67. The molecule has 1 aliphatic heterocycles. The van der Waals surface area contributed by atoms with Crippen molar-refractivity contribution in [1.82, 2.24) is 5.32 Å². The summed E-state index contributed by atoms with van der Waals surface area (Å²) in [6.45, 7) is 4.46. The van der Waals surface area contributed by atoms with Crippen molar-refractivity contribution in [3.8, 4) is 16.9 Å². The van der Waals surface area contributed by atoms with E-state index in [1.54, 1.807) is 11.3 Å². The Balaban J connectivity index is 1.69. The Morgan fingerprint density at radius 2 is 2.30 bits per heavy atom. The van der Waals surface area contributed by atoms with Gasteiger partial charge >= 0.3 is 0 Å². The van der Waals surface area contributed by atoms with Crippen molar-refractivity contribution in [3.05, 3.63) is 39.5 Å². The molecule has 0 aliphatic carbocycles. The molecule has 5 heteroatoms. The third-order valence-corrected chi connectivity index (χ3v) is 5.24. The molecule has 3 nitrogen and oxygen atoms in total. The molecule has 0 radical (unpaired) electrons. The van der Waals surface area contributed by atoms with Crippen molar-refractivity contribution in [3.63, 3.8) is 0 Å². The van der Waals surface area contributed by atoms with Crippen molar-refractivity contribution >= 4 is 28.8 Å². The lowest BCUT2D eigenvalue weighted by atomic mass is 10.0. The number of nitrogens with one attached hydrogen (secondary N) is 1. The van der Waals surface area contributed by atoms with Gasteiger partial charge < -0.3 is 10.1 Å². The highest BCUT2D eigenvalue weighted by atomic mass is 35.5. The lowest BCUT2D eigenvalue weighted by molar-refractivity contribution is -0.124. The normalized spacial score (nSPS) is 17.4. The first-order valence-electron chi connectivity index (χ1n) is 7.87. The number of rotatable bonds is 5. The van der Waals surface area contributed by atoms with Gasteiger partial charge in [0.2, 0.25) is 5.91 Å². The summed E-state index contributed by atoms with van der Waals surface area (Å²) in [5.74, 6) is 0.873. The SMILES string of the molecule is CC[C@H](C)C(=O)NC[C@H]1Cc2cc(-c3ccsc3)cc(Cl)c2O1. The van der Waals surface area contributed by atoms with E-state index in [9.17, 15) is 4.79 Å².